The Morgan fingerprint density at radius 1 is 1.00 bits per heavy atom. The van der Waals surface area contributed by atoms with Crippen LogP contribution in [-0.4, -0.2) is 10.5 Å². The third-order valence-corrected chi connectivity index (χ3v) is 4.50. The molecule has 0 saturated carbocycles. The van der Waals surface area contributed by atoms with Gasteiger partial charge in [-0.2, -0.15) is 13.2 Å². The summed E-state index contributed by atoms with van der Waals surface area (Å²) in [5.74, 6) is -0.429. The lowest BCUT2D eigenvalue weighted by Gasteiger charge is -2.12. The van der Waals surface area contributed by atoms with Crippen LogP contribution in [0.1, 0.15) is 34.0 Å². The molecule has 150 valence electrons. The summed E-state index contributed by atoms with van der Waals surface area (Å²) >= 11 is 0. The Hall–Kier alpha value is -3.35. The van der Waals surface area contributed by atoms with Crippen molar-refractivity contribution in [3.05, 3.63) is 99.5 Å². The number of amides is 1. The van der Waals surface area contributed by atoms with Crippen molar-refractivity contribution in [1.82, 2.24) is 4.57 Å². The van der Waals surface area contributed by atoms with Gasteiger partial charge in [0.15, 0.2) is 0 Å². The summed E-state index contributed by atoms with van der Waals surface area (Å²) in [7, 11) is 0. The van der Waals surface area contributed by atoms with Gasteiger partial charge in [0.25, 0.3) is 11.5 Å². The highest BCUT2D eigenvalue weighted by Crippen LogP contribution is 2.29. The van der Waals surface area contributed by atoms with E-state index in [0.29, 0.717) is 11.1 Å². The molecule has 1 heterocycles. The van der Waals surface area contributed by atoms with E-state index in [-0.39, 0.29) is 12.2 Å². The van der Waals surface area contributed by atoms with E-state index in [0.717, 1.165) is 24.1 Å². The van der Waals surface area contributed by atoms with E-state index in [1.165, 1.54) is 29.0 Å². The number of benzene rings is 2. The molecule has 0 fully saturated rings. The molecule has 3 aromatic rings. The number of hydrogen-bond acceptors (Lipinski definition) is 2. The predicted molar refractivity (Wildman–Crippen MR) is 105 cm³/mol. The highest BCUT2D eigenvalue weighted by Gasteiger charge is 2.30. The molecule has 0 aliphatic heterocycles. The fourth-order valence-corrected chi connectivity index (χ4v) is 2.89. The molecule has 7 heteroatoms. The van der Waals surface area contributed by atoms with Crippen LogP contribution in [0.4, 0.5) is 18.9 Å². The third-order valence-electron chi connectivity index (χ3n) is 4.50. The van der Waals surface area contributed by atoms with Crippen LogP contribution in [0.15, 0.2) is 71.7 Å². The number of pyridine rings is 1. The predicted octanol–water partition coefficient (Wildman–Crippen LogP) is 4.73. The second-order valence-electron chi connectivity index (χ2n) is 6.56. The Bertz CT molecular complexity index is 1070. The number of anilines is 1. The Morgan fingerprint density at radius 2 is 1.72 bits per heavy atom. The van der Waals surface area contributed by atoms with Gasteiger partial charge in [0.05, 0.1) is 12.1 Å². The number of hydrogen-bond donors (Lipinski definition) is 1. The molecule has 0 saturated heterocycles. The first kappa shape index (κ1) is 20.4. The highest BCUT2D eigenvalue weighted by atomic mass is 19.4. The first-order valence-corrected chi connectivity index (χ1v) is 9.04. The van der Waals surface area contributed by atoms with Gasteiger partial charge in [-0.3, -0.25) is 9.59 Å². The molecule has 3 rings (SSSR count). The van der Waals surface area contributed by atoms with Gasteiger partial charge in [0.2, 0.25) is 0 Å². The average Bonchev–Trinajstić information content (AvgIpc) is 2.70. The lowest BCUT2D eigenvalue weighted by molar-refractivity contribution is -0.137. The van der Waals surface area contributed by atoms with Gasteiger partial charge < -0.3 is 9.88 Å². The summed E-state index contributed by atoms with van der Waals surface area (Å²) in [5.41, 5.74) is 0.621. The largest absolute Gasteiger partial charge is 0.416 e. The SMILES string of the molecule is CCc1ccc(C(=O)Nc2cccn(Cc3cccc(C(F)(F)F)c3)c2=O)cc1. The molecular weight excluding hydrogens is 381 g/mol. The van der Waals surface area contributed by atoms with Crippen molar-refractivity contribution in [2.45, 2.75) is 26.1 Å². The van der Waals surface area contributed by atoms with Gasteiger partial charge in [-0.25, -0.2) is 0 Å². The van der Waals surface area contributed by atoms with E-state index in [9.17, 15) is 22.8 Å². The number of aryl methyl sites for hydroxylation is 1. The van der Waals surface area contributed by atoms with Crippen LogP contribution in [0.25, 0.3) is 0 Å². The fourth-order valence-electron chi connectivity index (χ4n) is 2.89. The van der Waals surface area contributed by atoms with Gasteiger partial charge in [-0.05, 0) is 53.9 Å². The number of halogens is 3. The van der Waals surface area contributed by atoms with E-state index >= 15 is 0 Å². The van der Waals surface area contributed by atoms with Crippen LogP contribution in [0, 0.1) is 0 Å². The zero-order valence-electron chi connectivity index (χ0n) is 15.7. The van der Waals surface area contributed by atoms with E-state index in [2.05, 4.69) is 5.32 Å². The van der Waals surface area contributed by atoms with Crippen LogP contribution >= 0.6 is 0 Å². The summed E-state index contributed by atoms with van der Waals surface area (Å²) in [6.07, 6.45) is -2.14. The Balaban J connectivity index is 1.81. The normalized spacial score (nSPS) is 11.3. The molecule has 1 amide bonds. The Kier molecular flexibility index (Phi) is 5.87. The van der Waals surface area contributed by atoms with Gasteiger partial charge >= 0.3 is 6.18 Å². The summed E-state index contributed by atoms with van der Waals surface area (Å²) in [4.78, 5) is 25.1. The molecule has 1 aromatic heterocycles. The lowest BCUT2D eigenvalue weighted by Crippen LogP contribution is -2.26. The molecule has 0 bridgehead atoms. The van der Waals surface area contributed by atoms with Crippen molar-refractivity contribution in [3.8, 4) is 0 Å². The van der Waals surface area contributed by atoms with Crippen LogP contribution in [0.2, 0.25) is 0 Å². The average molecular weight is 400 g/mol. The minimum absolute atomic E-state index is 0.0440. The maximum absolute atomic E-state index is 12.9. The van der Waals surface area contributed by atoms with Gasteiger partial charge in [-0.1, -0.05) is 31.2 Å². The number of nitrogens with zero attached hydrogens (tertiary/aromatic N) is 1. The molecule has 29 heavy (non-hydrogen) atoms. The zero-order valence-corrected chi connectivity index (χ0v) is 15.7. The number of carbonyl (C=O) groups is 1. The number of nitrogens with one attached hydrogen (secondary N) is 1. The standard InChI is InChI=1S/C22H19F3N2O2/c1-2-15-8-10-17(11-9-15)20(28)26-19-7-4-12-27(21(19)29)14-16-5-3-6-18(13-16)22(23,24)25/h3-13H,2,14H2,1H3,(H,26,28). The third kappa shape index (κ3) is 4.93. The minimum atomic E-state index is -4.45. The number of aromatic nitrogens is 1. The first-order valence-electron chi connectivity index (χ1n) is 9.04. The first-order chi connectivity index (χ1) is 13.8. The smallest absolute Gasteiger partial charge is 0.317 e. The number of rotatable bonds is 5. The maximum atomic E-state index is 12.9. The van der Waals surface area contributed by atoms with Crippen molar-refractivity contribution in [2.24, 2.45) is 0 Å². The summed E-state index contributed by atoms with van der Waals surface area (Å²) in [6, 6.07) is 14.9. The monoisotopic (exact) mass is 400 g/mol. The molecule has 4 nitrogen and oxygen atoms in total. The molecule has 0 spiro atoms. The van der Waals surface area contributed by atoms with E-state index in [1.54, 1.807) is 18.2 Å². The molecule has 0 aliphatic rings. The quantitative estimate of drug-likeness (QED) is 0.673. The van der Waals surface area contributed by atoms with Gasteiger partial charge in [0.1, 0.15) is 5.69 Å². The topological polar surface area (TPSA) is 51.1 Å². The lowest BCUT2D eigenvalue weighted by atomic mass is 10.1. The van der Waals surface area contributed by atoms with Crippen molar-refractivity contribution in [2.75, 3.05) is 5.32 Å². The van der Waals surface area contributed by atoms with Crippen molar-refractivity contribution in [3.63, 3.8) is 0 Å². The second-order valence-corrected chi connectivity index (χ2v) is 6.56. The maximum Gasteiger partial charge on any atom is 0.416 e. The van der Waals surface area contributed by atoms with Crippen LogP contribution in [-0.2, 0) is 19.1 Å². The molecular formula is C22H19F3N2O2. The molecule has 0 aliphatic carbocycles. The molecule has 0 atom stereocenters. The summed E-state index contributed by atoms with van der Waals surface area (Å²) < 4.78 is 39.9. The molecule has 0 unspecified atom stereocenters. The van der Waals surface area contributed by atoms with E-state index in [1.807, 2.05) is 19.1 Å². The zero-order chi connectivity index (χ0) is 21.0. The van der Waals surface area contributed by atoms with Crippen LogP contribution in [0.3, 0.4) is 0 Å². The fraction of sp³-hybridized carbons (Fsp3) is 0.182. The Morgan fingerprint density at radius 3 is 2.38 bits per heavy atom. The van der Waals surface area contributed by atoms with Gasteiger partial charge in [0, 0.05) is 11.8 Å². The molecule has 0 radical (unpaired) electrons. The van der Waals surface area contributed by atoms with Gasteiger partial charge in [-0.15, -0.1) is 0 Å². The van der Waals surface area contributed by atoms with E-state index < -0.39 is 23.2 Å². The summed E-state index contributed by atoms with van der Waals surface area (Å²) in [6.45, 7) is 1.96. The summed E-state index contributed by atoms with van der Waals surface area (Å²) in [5, 5.41) is 2.57. The highest BCUT2D eigenvalue weighted by molar-refractivity contribution is 6.04. The van der Waals surface area contributed by atoms with Crippen LogP contribution < -0.4 is 10.9 Å². The minimum Gasteiger partial charge on any atom is -0.317 e. The second kappa shape index (κ2) is 8.34. The van der Waals surface area contributed by atoms with Crippen molar-refractivity contribution >= 4 is 11.6 Å². The molecule has 2 aromatic carbocycles. The van der Waals surface area contributed by atoms with Crippen LogP contribution in [0.5, 0.6) is 0 Å². The Labute approximate surface area is 165 Å². The van der Waals surface area contributed by atoms with Crippen molar-refractivity contribution in [1.29, 1.82) is 0 Å². The molecule has 1 N–H and O–H groups in total. The number of carbonyl (C=O) groups excluding carboxylic acids is 1. The number of alkyl halides is 3. The van der Waals surface area contributed by atoms with Crippen molar-refractivity contribution < 1.29 is 18.0 Å². The van der Waals surface area contributed by atoms with E-state index in [4.69, 9.17) is 0 Å².